The van der Waals surface area contributed by atoms with E-state index in [4.69, 9.17) is 9.73 Å². The summed E-state index contributed by atoms with van der Waals surface area (Å²) in [6.07, 6.45) is -0.474. The molecule has 138 valence electrons. The lowest BCUT2D eigenvalue weighted by atomic mass is 10.1. The highest BCUT2D eigenvalue weighted by Crippen LogP contribution is 2.36. The number of carbonyl (C=O) groups is 1. The highest BCUT2D eigenvalue weighted by atomic mass is 79.9. The minimum atomic E-state index is -0.474. The number of hydrazone groups is 1. The van der Waals surface area contributed by atoms with Gasteiger partial charge >= 0.3 is 0 Å². The maximum absolute atomic E-state index is 12.9. The highest BCUT2D eigenvalue weighted by Gasteiger charge is 2.35. The Morgan fingerprint density at radius 3 is 2.89 bits per heavy atom. The molecule has 0 unspecified atom stereocenters. The number of fused-ring (bicyclic) bond motifs is 2. The second kappa shape index (κ2) is 7.36. The predicted molar refractivity (Wildman–Crippen MR) is 110 cm³/mol. The maximum Gasteiger partial charge on any atom is 0.276 e. The zero-order valence-electron chi connectivity index (χ0n) is 14.8. The fraction of sp³-hybridized carbons (Fsp3) is 0.211. The van der Waals surface area contributed by atoms with Crippen LogP contribution in [0.25, 0.3) is 5.70 Å². The Bertz CT molecular complexity index is 1070. The first-order chi connectivity index (χ1) is 13.1. The minimum absolute atomic E-state index is 0.174. The number of amides is 1. The first-order valence-electron chi connectivity index (χ1n) is 8.45. The molecule has 2 aliphatic heterocycles. The lowest BCUT2D eigenvalue weighted by molar-refractivity contribution is -0.116. The minimum Gasteiger partial charge on any atom is -0.497 e. The largest absolute Gasteiger partial charge is 0.497 e. The first kappa shape index (κ1) is 18.1. The third kappa shape index (κ3) is 3.23. The Morgan fingerprint density at radius 2 is 2.11 bits per heavy atom. The van der Waals surface area contributed by atoms with Crippen molar-refractivity contribution in [2.75, 3.05) is 12.9 Å². The zero-order valence-corrected chi connectivity index (χ0v) is 17.2. The standard InChI is InChI=1S/C19H17BrN4O2S/c1-3-27-19-22-18(25)16-12-6-4-5-7-15(12)21-17(24(16)23-19)13-10-11(26-2)8-9-14(13)20/h4-10,17H,3H2,1-2H3,(H,22,23,25)/t17-/m1/s1. The van der Waals surface area contributed by atoms with Crippen LogP contribution in [0.3, 0.4) is 0 Å². The fourth-order valence-corrected chi connectivity index (χ4v) is 4.11. The second-order valence-corrected chi connectivity index (χ2v) is 8.00. The van der Waals surface area contributed by atoms with Crippen LogP contribution in [0, 0.1) is 0 Å². The van der Waals surface area contributed by atoms with Crippen LogP contribution in [0.4, 0.5) is 0 Å². The number of benzene rings is 2. The molecular weight excluding hydrogens is 428 g/mol. The number of ether oxygens (including phenoxy) is 1. The van der Waals surface area contributed by atoms with E-state index in [1.165, 1.54) is 11.8 Å². The number of rotatable bonds is 3. The molecule has 0 saturated carbocycles. The zero-order chi connectivity index (χ0) is 19.0. The van der Waals surface area contributed by atoms with E-state index >= 15 is 0 Å². The van der Waals surface area contributed by atoms with Crippen molar-refractivity contribution in [3.8, 4) is 5.75 Å². The van der Waals surface area contributed by atoms with Gasteiger partial charge in [-0.2, -0.15) is 0 Å². The van der Waals surface area contributed by atoms with E-state index in [1.807, 2.05) is 49.4 Å². The molecule has 0 saturated heterocycles. The van der Waals surface area contributed by atoms with E-state index in [0.717, 1.165) is 32.1 Å². The summed E-state index contributed by atoms with van der Waals surface area (Å²) in [5.74, 6) is 1.36. The summed E-state index contributed by atoms with van der Waals surface area (Å²) in [7, 11) is 1.63. The number of thioether (sulfide) groups is 1. The quantitative estimate of drug-likeness (QED) is 0.788. The van der Waals surface area contributed by atoms with E-state index in [1.54, 1.807) is 12.1 Å². The van der Waals surface area contributed by atoms with Crippen LogP contribution in [0.5, 0.6) is 5.75 Å². The maximum atomic E-state index is 12.9. The van der Waals surface area contributed by atoms with Crippen LogP contribution in [-0.2, 0) is 4.79 Å². The van der Waals surface area contributed by atoms with Crippen molar-refractivity contribution < 1.29 is 9.53 Å². The van der Waals surface area contributed by atoms with Crippen molar-refractivity contribution >= 4 is 44.5 Å². The van der Waals surface area contributed by atoms with Gasteiger partial charge < -0.3 is 4.74 Å². The number of nitrogens with zero attached hydrogens (tertiary/aromatic N) is 3. The second-order valence-electron chi connectivity index (χ2n) is 5.89. The summed E-state index contributed by atoms with van der Waals surface area (Å²) in [6, 6.07) is 13.3. The predicted octanol–water partition coefficient (Wildman–Crippen LogP) is 2.35. The summed E-state index contributed by atoms with van der Waals surface area (Å²) in [6.45, 7) is 2.02. The highest BCUT2D eigenvalue weighted by molar-refractivity contribution is 9.10. The van der Waals surface area contributed by atoms with Crippen molar-refractivity contribution in [2.45, 2.75) is 13.1 Å². The molecule has 8 heteroatoms. The van der Waals surface area contributed by atoms with E-state index < -0.39 is 6.17 Å². The lowest BCUT2D eigenvalue weighted by Gasteiger charge is -2.34. The van der Waals surface area contributed by atoms with E-state index in [2.05, 4.69) is 26.3 Å². The summed E-state index contributed by atoms with van der Waals surface area (Å²) in [5, 5.41) is 11.4. The summed E-state index contributed by atoms with van der Waals surface area (Å²) < 4.78 is 6.26. The molecule has 0 fully saturated rings. The molecule has 0 aliphatic carbocycles. The van der Waals surface area contributed by atoms with Gasteiger partial charge in [-0.3, -0.25) is 15.1 Å². The number of methoxy groups -OCH3 is 1. The normalized spacial score (nSPS) is 18.1. The molecule has 6 nitrogen and oxygen atoms in total. The van der Waals surface area contributed by atoms with Gasteiger partial charge in [0.05, 0.1) is 12.5 Å². The topological polar surface area (TPSA) is 66.3 Å². The average molecular weight is 445 g/mol. The molecule has 1 atom stereocenters. The monoisotopic (exact) mass is 444 g/mol. The van der Waals surface area contributed by atoms with Gasteiger partial charge in [0, 0.05) is 15.3 Å². The molecule has 2 heterocycles. The van der Waals surface area contributed by atoms with Crippen molar-refractivity contribution in [1.29, 1.82) is 0 Å². The molecule has 1 amide bonds. The number of hydrogen-bond donors (Lipinski definition) is 1. The Kier molecular flexibility index (Phi) is 4.92. The van der Waals surface area contributed by atoms with Gasteiger partial charge in [0.25, 0.3) is 5.91 Å². The Labute approximate surface area is 169 Å². The number of nitrogens with one attached hydrogen (secondary N) is 1. The number of hydrogen-bond acceptors (Lipinski definition) is 6. The van der Waals surface area contributed by atoms with Crippen LogP contribution in [-0.4, -0.2) is 28.9 Å². The number of amidine groups is 1. The van der Waals surface area contributed by atoms with Gasteiger partial charge in [0.1, 0.15) is 11.4 Å². The van der Waals surface area contributed by atoms with Crippen molar-refractivity contribution in [1.82, 2.24) is 10.3 Å². The lowest BCUT2D eigenvalue weighted by Crippen LogP contribution is -2.50. The molecule has 2 aromatic rings. The summed E-state index contributed by atoms with van der Waals surface area (Å²) in [5.41, 5.74) is 1.38. The number of para-hydroxylation sites is 1. The van der Waals surface area contributed by atoms with Gasteiger partial charge in [-0.25, -0.2) is 5.01 Å². The third-order valence-corrected chi connectivity index (χ3v) is 5.75. The van der Waals surface area contributed by atoms with Crippen molar-refractivity contribution in [3.05, 3.63) is 63.1 Å². The van der Waals surface area contributed by atoms with Crippen LogP contribution < -0.4 is 20.6 Å². The van der Waals surface area contributed by atoms with Gasteiger partial charge in [-0.05, 0) is 30.0 Å². The number of halogens is 1. The molecule has 0 radical (unpaired) electrons. The van der Waals surface area contributed by atoms with Gasteiger partial charge in [-0.15, -0.1) is 5.10 Å². The molecule has 2 aliphatic rings. The molecular formula is C19H17BrN4O2S. The molecule has 1 N–H and O–H groups in total. The fourth-order valence-electron chi connectivity index (χ4n) is 3.08. The SMILES string of the molecule is CCSC1=NN2C(=c3ccccc3=N[C@H]2c2cc(OC)ccc2Br)C(=O)N1. The van der Waals surface area contributed by atoms with E-state index in [0.29, 0.717) is 10.9 Å². The molecule has 0 spiro atoms. The van der Waals surface area contributed by atoms with Crippen LogP contribution in [0.2, 0.25) is 0 Å². The summed E-state index contributed by atoms with van der Waals surface area (Å²) in [4.78, 5) is 17.8. The van der Waals surface area contributed by atoms with Gasteiger partial charge in [-0.1, -0.05) is 52.8 Å². The molecule has 2 aromatic carbocycles. The van der Waals surface area contributed by atoms with Crippen LogP contribution in [0.1, 0.15) is 18.7 Å². The Balaban J connectivity index is 1.97. The Morgan fingerprint density at radius 1 is 1.30 bits per heavy atom. The van der Waals surface area contributed by atoms with Crippen molar-refractivity contribution in [2.24, 2.45) is 10.1 Å². The van der Waals surface area contributed by atoms with E-state index in [9.17, 15) is 4.79 Å². The first-order valence-corrected chi connectivity index (χ1v) is 10.2. The molecule has 27 heavy (non-hydrogen) atoms. The smallest absolute Gasteiger partial charge is 0.276 e. The molecule has 0 bridgehead atoms. The van der Waals surface area contributed by atoms with Crippen LogP contribution in [0.15, 0.2) is 57.0 Å². The Hall–Kier alpha value is -2.32. The number of carbonyl (C=O) groups excluding carboxylic acids is 1. The van der Waals surface area contributed by atoms with Crippen molar-refractivity contribution in [3.63, 3.8) is 0 Å². The van der Waals surface area contributed by atoms with Gasteiger partial charge in [0.2, 0.25) is 0 Å². The molecule has 4 rings (SSSR count). The third-order valence-electron chi connectivity index (χ3n) is 4.28. The summed E-state index contributed by atoms with van der Waals surface area (Å²) >= 11 is 5.09. The average Bonchev–Trinajstić information content (AvgIpc) is 2.68. The van der Waals surface area contributed by atoms with E-state index in [-0.39, 0.29) is 5.91 Å². The van der Waals surface area contributed by atoms with Crippen LogP contribution >= 0.6 is 27.7 Å². The molecule has 0 aromatic heterocycles. The van der Waals surface area contributed by atoms with Gasteiger partial charge in [0.15, 0.2) is 11.3 Å².